The summed E-state index contributed by atoms with van der Waals surface area (Å²) in [6.45, 7) is 6.72. The average molecular weight is 198 g/mol. The van der Waals surface area contributed by atoms with Gasteiger partial charge in [0.05, 0.1) is 12.2 Å². The number of hydrogen-bond donors (Lipinski definition) is 2. The molecule has 3 nitrogen and oxygen atoms in total. The van der Waals surface area contributed by atoms with E-state index >= 15 is 0 Å². The molecule has 0 saturated carbocycles. The normalized spacial score (nSPS) is 39.0. The van der Waals surface area contributed by atoms with Crippen LogP contribution in [0, 0.1) is 11.3 Å². The molecule has 0 amide bonds. The van der Waals surface area contributed by atoms with E-state index in [1.165, 1.54) is 19.3 Å². The van der Waals surface area contributed by atoms with E-state index < -0.39 is 0 Å². The van der Waals surface area contributed by atoms with Crippen LogP contribution in [-0.2, 0) is 4.74 Å². The molecule has 2 rings (SSSR count). The van der Waals surface area contributed by atoms with Crippen molar-refractivity contribution in [2.45, 2.75) is 58.3 Å². The van der Waals surface area contributed by atoms with E-state index in [0.29, 0.717) is 24.2 Å². The summed E-state index contributed by atoms with van der Waals surface area (Å²) in [5.41, 5.74) is 3.20. The molecule has 0 aromatic heterocycles. The highest BCUT2D eigenvalue weighted by atomic mass is 16.5. The van der Waals surface area contributed by atoms with Crippen LogP contribution >= 0.6 is 0 Å². The minimum Gasteiger partial charge on any atom is -0.375 e. The van der Waals surface area contributed by atoms with E-state index in [0.717, 1.165) is 0 Å². The Balaban J connectivity index is 2.06. The van der Waals surface area contributed by atoms with E-state index in [1.807, 2.05) is 0 Å². The molecule has 3 heteroatoms. The smallest absolute Gasteiger partial charge is 0.0624 e. The lowest BCUT2D eigenvalue weighted by atomic mass is 9.73. The van der Waals surface area contributed by atoms with Crippen LogP contribution in [0.3, 0.4) is 0 Å². The fourth-order valence-corrected chi connectivity index (χ4v) is 3.04. The third kappa shape index (κ3) is 1.69. The monoisotopic (exact) mass is 198 g/mol. The summed E-state index contributed by atoms with van der Waals surface area (Å²) in [5.74, 6) is 6.27. The van der Waals surface area contributed by atoms with Gasteiger partial charge >= 0.3 is 0 Å². The van der Waals surface area contributed by atoms with Crippen LogP contribution in [0.25, 0.3) is 0 Å². The minimum absolute atomic E-state index is 0.216. The highest BCUT2D eigenvalue weighted by Crippen LogP contribution is 2.43. The lowest BCUT2D eigenvalue weighted by molar-refractivity contribution is 0.0709. The summed E-state index contributed by atoms with van der Waals surface area (Å²) in [4.78, 5) is 0. The molecule has 14 heavy (non-hydrogen) atoms. The van der Waals surface area contributed by atoms with Gasteiger partial charge in [-0.1, -0.05) is 20.8 Å². The topological polar surface area (TPSA) is 47.3 Å². The minimum atomic E-state index is 0.216. The largest absolute Gasteiger partial charge is 0.375 e. The highest BCUT2D eigenvalue weighted by Gasteiger charge is 2.46. The Morgan fingerprint density at radius 3 is 2.43 bits per heavy atom. The van der Waals surface area contributed by atoms with Gasteiger partial charge in [-0.15, -0.1) is 0 Å². The number of nitrogens with two attached hydrogens (primary N) is 1. The molecule has 3 N–H and O–H groups in total. The van der Waals surface area contributed by atoms with Gasteiger partial charge in [0, 0.05) is 12.0 Å². The highest BCUT2D eigenvalue weighted by molar-refractivity contribution is 4.98. The molecule has 2 heterocycles. The van der Waals surface area contributed by atoms with Crippen LogP contribution in [0.4, 0.5) is 0 Å². The first-order valence-corrected chi connectivity index (χ1v) is 5.64. The van der Waals surface area contributed by atoms with Gasteiger partial charge < -0.3 is 4.74 Å². The summed E-state index contributed by atoms with van der Waals surface area (Å²) in [6, 6.07) is 0.373. The Labute approximate surface area is 86.4 Å². The molecule has 4 atom stereocenters. The number of fused-ring (bicyclic) bond motifs is 2. The maximum atomic E-state index is 5.87. The van der Waals surface area contributed by atoms with E-state index in [2.05, 4.69) is 26.2 Å². The summed E-state index contributed by atoms with van der Waals surface area (Å²) >= 11 is 0. The van der Waals surface area contributed by atoms with Crippen molar-refractivity contribution >= 4 is 0 Å². The van der Waals surface area contributed by atoms with Gasteiger partial charge in [0.15, 0.2) is 0 Å². The molecule has 82 valence electrons. The average Bonchev–Trinajstić information content (AvgIpc) is 2.63. The third-order valence-corrected chi connectivity index (χ3v) is 3.69. The molecule has 4 unspecified atom stereocenters. The summed E-state index contributed by atoms with van der Waals surface area (Å²) in [5, 5.41) is 0. The summed E-state index contributed by atoms with van der Waals surface area (Å²) < 4.78 is 5.87. The van der Waals surface area contributed by atoms with Crippen molar-refractivity contribution in [3.05, 3.63) is 0 Å². The van der Waals surface area contributed by atoms with Gasteiger partial charge in [-0.05, 0) is 24.7 Å². The fraction of sp³-hybridized carbons (Fsp3) is 1.00. The van der Waals surface area contributed by atoms with Gasteiger partial charge in [-0.3, -0.25) is 11.3 Å². The van der Waals surface area contributed by atoms with Crippen molar-refractivity contribution in [3.8, 4) is 0 Å². The second-order valence-corrected chi connectivity index (χ2v) is 5.78. The predicted molar refractivity (Wildman–Crippen MR) is 56.6 cm³/mol. The fourth-order valence-electron chi connectivity index (χ4n) is 3.04. The zero-order chi connectivity index (χ0) is 10.3. The summed E-state index contributed by atoms with van der Waals surface area (Å²) in [7, 11) is 0. The predicted octanol–water partition coefficient (Wildman–Crippen LogP) is 1.43. The van der Waals surface area contributed by atoms with Crippen molar-refractivity contribution in [3.63, 3.8) is 0 Å². The standard InChI is InChI=1S/C11H22N2O/c1-11(2,3)10(13-12)8-6-7-4-5-9(8)14-7/h7-10,13H,4-6,12H2,1-3H3. The van der Waals surface area contributed by atoms with E-state index in [4.69, 9.17) is 10.6 Å². The number of rotatable bonds is 2. The van der Waals surface area contributed by atoms with Crippen molar-refractivity contribution in [2.24, 2.45) is 17.2 Å². The lowest BCUT2D eigenvalue weighted by Crippen LogP contribution is -2.51. The van der Waals surface area contributed by atoms with E-state index in [9.17, 15) is 0 Å². The van der Waals surface area contributed by atoms with Crippen LogP contribution in [0.15, 0.2) is 0 Å². The molecule has 2 aliphatic rings. The van der Waals surface area contributed by atoms with Crippen LogP contribution in [0.5, 0.6) is 0 Å². The Hall–Kier alpha value is -0.120. The molecule has 0 radical (unpaired) electrons. The van der Waals surface area contributed by atoms with Gasteiger partial charge in [0.25, 0.3) is 0 Å². The Morgan fingerprint density at radius 2 is 2.07 bits per heavy atom. The molecule has 0 spiro atoms. The van der Waals surface area contributed by atoms with Crippen LogP contribution in [-0.4, -0.2) is 18.2 Å². The molecule has 2 bridgehead atoms. The van der Waals surface area contributed by atoms with Gasteiger partial charge in [-0.25, -0.2) is 0 Å². The van der Waals surface area contributed by atoms with Crippen molar-refractivity contribution in [1.82, 2.24) is 5.43 Å². The van der Waals surface area contributed by atoms with Crippen LogP contribution in [0.1, 0.15) is 40.0 Å². The zero-order valence-electron chi connectivity index (χ0n) is 9.42. The molecule has 0 aromatic rings. The Morgan fingerprint density at radius 1 is 1.36 bits per heavy atom. The van der Waals surface area contributed by atoms with Gasteiger partial charge in [0.1, 0.15) is 0 Å². The van der Waals surface area contributed by atoms with Gasteiger partial charge in [-0.2, -0.15) is 0 Å². The quantitative estimate of drug-likeness (QED) is 0.521. The molecular weight excluding hydrogens is 176 g/mol. The SMILES string of the molecule is CC(C)(C)C(NN)C1CC2CCC1O2. The second kappa shape index (κ2) is 3.47. The third-order valence-electron chi connectivity index (χ3n) is 3.69. The lowest BCUT2D eigenvalue weighted by Gasteiger charge is -2.37. The van der Waals surface area contributed by atoms with Crippen molar-refractivity contribution in [2.75, 3.05) is 0 Å². The molecule has 2 aliphatic heterocycles. The Bertz CT molecular complexity index is 212. The molecule has 2 fully saturated rings. The number of hydrogen-bond acceptors (Lipinski definition) is 3. The molecule has 0 aliphatic carbocycles. The first-order valence-electron chi connectivity index (χ1n) is 5.64. The Kier molecular flexibility index (Phi) is 2.58. The first-order chi connectivity index (χ1) is 6.52. The number of nitrogens with one attached hydrogen (secondary N) is 1. The van der Waals surface area contributed by atoms with E-state index in [1.54, 1.807) is 0 Å². The van der Waals surface area contributed by atoms with Crippen LogP contribution in [0.2, 0.25) is 0 Å². The maximum Gasteiger partial charge on any atom is 0.0624 e. The number of ether oxygens (including phenoxy) is 1. The zero-order valence-corrected chi connectivity index (χ0v) is 9.42. The van der Waals surface area contributed by atoms with Crippen molar-refractivity contribution in [1.29, 1.82) is 0 Å². The molecule has 0 aromatic carbocycles. The second-order valence-electron chi connectivity index (χ2n) is 5.78. The first kappa shape index (κ1) is 10.4. The maximum absolute atomic E-state index is 5.87. The molecular formula is C11H22N2O. The van der Waals surface area contributed by atoms with E-state index in [-0.39, 0.29) is 5.41 Å². The van der Waals surface area contributed by atoms with Crippen LogP contribution < -0.4 is 11.3 Å². The van der Waals surface area contributed by atoms with Crippen molar-refractivity contribution < 1.29 is 4.74 Å². The summed E-state index contributed by atoms with van der Waals surface area (Å²) in [6.07, 6.45) is 4.65. The van der Waals surface area contributed by atoms with Gasteiger partial charge in [0.2, 0.25) is 0 Å². The number of hydrazine groups is 1. The molecule has 2 saturated heterocycles.